The number of hydrogen-bond donors (Lipinski definition) is 0. The van der Waals surface area contributed by atoms with Crippen molar-refractivity contribution >= 4 is 37.6 Å². The summed E-state index contributed by atoms with van der Waals surface area (Å²) in [5.74, 6) is 1.75. The van der Waals surface area contributed by atoms with Gasteiger partial charge in [-0.2, -0.15) is 0 Å². The highest BCUT2D eigenvalue weighted by atomic mass is 79.9. The van der Waals surface area contributed by atoms with Gasteiger partial charge in [-0.15, -0.1) is 0 Å². The average Bonchev–Trinajstić information content (AvgIpc) is 2.32. The SMILES string of the molecule is COc1cc(Br)c(OCCCCC(C)=O)cc1Br. The maximum absolute atomic E-state index is 10.8. The Balaban J connectivity index is 2.47. The van der Waals surface area contributed by atoms with Gasteiger partial charge < -0.3 is 14.3 Å². The van der Waals surface area contributed by atoms with Crippen LogP contribution in [-0.4, -0.2) is 19.5 Å². The number of rotatable bonds is 7. The van der Waals surface area contributed by atoms with E-state index in [1.807, 2.05) is 12.1 Å². The molecule has 18 heavy (non-hydrogen) atoms. The third-order valence-electron chi connectivity index (χ3n) is 2.39. The van der Waals surface area contributed by atoms with Gasteiger partial charge in [-0.05, 0) is 63.8 Å². The van der Waals surface area contributed by atoms with Gasteiger partial charge in [0.2, 0.25) is 0 Å². The molecule has 0 spiro atoms. The number of ketones is 1. The Kier molecular flexibility index (Phi) is 6.71. The third-order valence-corrected chi connectivity index (χ3v) is 3.63. The van der Waals surface area contributed by atoms with E-state index in [0.717, 1.165) is 33.3 Å². The summed E-state index contributed by atoms with van der Waals surface area (Å²) in [4.78, 5) is 10.8. The molecule has 0 bridgehead atoms. The fourth-order valence-electron chi connectivity index (χ4n) is 1.44. The Hall–Kier alpha value is -0.550. The van der Waals surface area contributed by atoms with Crippen molar-refractivity contribution in [1.29, 1.82) is 0 Å². The number of ether oxygens (including phenoxy) is 2. The number of hydrogen-bond acceptors (Lipinski definition) is 3. The molecule has 0 fully saturated rings. The zero-order valence-corrected chi connectivity index (χ0v) is 13.6. The van der Waals surface area contributed by atoms with Crippen molar-refractivity contribution in [2.75, 3.05) is 13.7 Å². The quantitative estimate of drug-likeness (QED) is 0.660. The van der Waals surface area contributed by atoms with Gasteiger partial charge in [-0.25, -0.2) is 0 Å². The maximum Gasteiger partial charge on any atom is 0.134 e. The third kappa shape index (κ3) is 4.98. The summed E-state index contributed by atoms with van der Waals surface area (Å²) in [5.41, 5.74) is 0. The summed E-state index contributed by atoms with van der Waals surface area (Å²) in [6.07, 6.45) is 2.36. The van der Waals surface area contributed by atoms with Crippen molar-refractivity contribution in [1.82, 2.24) is 0 Å². The molecule has 0 saturated heterocycles. The summed E-state index contributed by atoms with van der Waals surface area (Å²) in [6, 6.07) is 3.73. The smallest absolute Gasteiger partial charge is 0.134 e. The molecular weight excluding hydrogens is 364 g/mol. The normalized spacial score (nSPS) is 10.2. The molecule has 1 aromatic carbocycles. The van der Waals surface area contributed by atoms with E-state index in [0.29, 0.717) is 13.0 Å². The highest BCUT2D eigenvalue weighted by Gasteiger charge is 2.08. The molecule has 0 unspecified atom stereocenters. The highest BCUT2D eigenvalue weighted by Crippen LogP contribution is 2.36. The molecule has 1 rings (SSSR count). The maximum atomic E-state index is 10.8. The van der Waals surface area contributed by atoms with E-state index >= 15 is 0 Å². The zero-order chi connectivity index (χ0) is 13.5. The summed E-state index contributed by atoms with van der Waals surface area (Å²) in [5, 5.41) is 0. The molecule has 0 atom stereocenters. The first-order valence-electron chi connectivity index (χ1n) is 5.70. The molecule has 0 radical (unpaired) electrons. The lowest BCUT2D eigenvalue weighted by atomic mass is 10.2. The molecule has 3 nitrogen and oxygen atoms in total. The number of methoxy groups -OCH3 is 1. The summed E-state index contributed by atoms with van der Waals surface area (Å²) >= 11 is 6.85. The topological polar surface area (TPSA) is 35.5 Å². The van der Waals surface area contributed by atoms with Crippen LogP contribution in [0.3, 0.4) is 0 Å². The molecule has 5 heteroatoms. The second kappa shape index (κ2) is 7.79. The summed E-state index contributed by atoms with van der Waals surface area (Å²) in [6.45, 7) is 2.21. The Labute approximate surface area is 124 Å². The van der Waals surface area contributed by atoms with E-state index in [-0.39, 0.29) is 5.78 Å². The van der Waals surface area contributed by atoms with E-state index in [1.54, 1.807) is 14.0 Å². The number of halogens is 2. The van der Waals surface area contributed by atoms with E-state index in [4.69, 9.17) is 9.47 Å². The van der Waals surface area contributed by atoms with Crippen molar-refractivity contribution in [2.45, 2.75) is 26.2 Å². The summed E-state index contributed by atoms with van der Waals surface area (Å²) in [7, 11) is 1.62. The molecule has 0 N–H and O–H groups in total. The van der Waals surface area contributed by atoms with E-state index in [9.17, 15) is 4.79 Å². The number of unbranched alkanes of at least 4 members (excludes halogenated alkanes) is 1. The van der Waals surface area contributed by atoms with Crippen LogP contribution in [0.1, 0.15) is 26.2 Å². The number of Topliss-reactive ketones (excluding diaryl/α,β-unsaturated/α-hetero) is 1. The van der Waals surface area contributed by atoms with Crippen molar-refractivity contribution < 1.29 is 14.3 Å². The van der Waals surface area contributed by atoms with Crippen LogP contribution in [0.5, 0.6) is 11.5 Å². The van der Waals surface area contributed by atoms with Crippen LogP contribution in [0.25, 0.3) is 0 Å². The first kappa shape index (κ1) is 15.5. The van der Waals surface area contributed by atoms with E-state index in [2.05, 4.69) is 31.9 Å². The van der Waals surface area contributed by atoms with E-state index < -0.39 is 0 Å². The van der Waals surface area contributed by atoms with Gasteiger partial charge in [0, 0.05) is 6.42 Å². The first-order chi connectivity index (χ1) is 8.54. The summed E-state index contributed by atoms with van der Waals surface area (Å²) < 4.78 is 12.5. The molecule has 0 aromatic heterocycles. The van der Waals surface area contributed by atoms with Gasteiger partial charge in [0.25, 0.3) is 0 Å². The van der Waals surface area contributed by atoms with Gasteiger partial charge in [0.1, 0.15) is 17.3 Å². The Morgan fingerprint density at radius 1 is 1.17 bits per heavy atom. The molecule has 0 heterocycles. The minimum Gasteiger partial charge on any atom is -0.496 e. The predicted molar refractivity (Wildman–Crippen MR) is 78.4 cm³/mol. The molecule has 100 valence electrons. The fourth-order valence-corrected chi connectivity index (χ4v) is 2.36. The molecule has 0 aliphatic carbocycles. The zero-order valence-electron chi connectivity index (χ0n) is 10.5. The van der Waals surface area contributed by atoms with E-state index in [1.165, 1.54) is 0 Å². The molecule has 0 amide bonds. The van der Waals surface area contributed by atoms with Crippen LogP contribution in [0.4, 0.5) is 0 Å². The lowest BCUT2D eigenvalue weighted by Gasteiger charge is -2.11. The second-order valence-corrected chi connectivity index (χ2v) is 5.63. The monoisotopic (exact) mass is 378 g/mol. The molecule has 0 aliphatic heterocycles. The number of carbonyl (C=O) groups excluding carboxylic acids is 1. The van der Waals surface area contributed by atoms with Gasteiger partial charge in [0.15, 0.2) is 0 Å². The second-order valence-electron chi connectivity index (χ2n) is 3.92. The van der Waals surface area contributed by atoms with Gasteiger partial charge >= 0.3 is 0 Å². The number of carbonyl (C=O) groups is 1. The van der Waals surface area contributed by atoms with Crippen LogP contribution in [0.2, 0.25) is 0 Å². The Bertz CT molecular complexity index is 419. The standard InChI is InChI=1S/C13H16Br2O3/c1-9(16)5-3-4-6-18-13-8-10(14)12(17-2)7-11(13)15/h7-8H,3-6H2,1-2H3. The minimum atomic E-state index is 0.225. The average molecular weight is 380 g/mol. The van der Waals surface area contributed by atoms with Crippen molar-refractivity contribution in [3.63, 3.8) is 0 Å². The van der Waals surface area contributed by atoms with Crippen LogP contribution < -0.4 is 9.47 Å². The van der Waals surface area contributed by atoms with Crippen LogP contribution in [0, 0.1) is 0 Å². The molecular formula is C13H16Br2O3. The number of benzene rings is 1. The predicted octanol–water partition coefficient (Wildman–Crippen LogP) is 4.36. The van der Waals surface area contributed by atoms with Crippen molar-refractivity contribution in [2.24, 2.45) is 0 Å². The van der Waals surface area contributed by atoms with Gasteiger partial charge in [-0.1, -0.05) is 0 Å². The minimum absolute atomic E-state index is 0.225. The first-order valence-corrected chi connectivity index (χ1v) is 7.28. The van der Waals surface area contributed by atoms with Crippen LogP contribution in [-0.2, 0) is 4.79 Å². The van der Waals surface area contributed by atoms with Crippen molar-refractivity contribution in [3.05, 3.63) is 21.1 Å². The van der Waals surface area contributed by atoms with Crippen LogP contribution in [0.15, 0.2) is 21.1 Å². The molecule has 0 saturated carbocycles. The lowest BCUT2D eigenvalue weighted by molar-refractivity contribution is -0.117. The molecule has 1 aromatic rings. The van der Waals surface area contributed by atoms with Crippen molar-refractivity contribution in [3.8, 4) is 11.5 Å². The highest BCUT2D eigenvalue weighted by molar-refractivity contribution is 9.11. The van der Waals surface area contributed by atoms with Gasteiger partial charge in [0.05, 0.1) is 22.7 Å². The largest absolute Gasteiger partial charge is 0.496 e. The Morgan fingerprint density at radius 3 is 2.39 bits per heavy atom. The lowest BCUT2D eigenvalue weighted by Crippen LogP contribution is -2.00. The fraction of sp³-hybridized carbons (Fsp3) is 0.462. The Morgan fingerprint density at radius 2 is 1.78 bits per heavy atom. The molecule has 0 aliphatic rings. The van der Waals surface area contributed by atoms with Crippen LogP contribution >= 0.6 is 31.9 Å². The van der Waals surface area contributed by atoms with Gasteiger partial charge in [-0.3, -0.25) is 0 Å².